The summed E-state index contributed by atoms with van der Waals surface area (Å²) >= 11 is 0. The number of allylic oxidation sites excluding steroid dienone is 7. The quantitative estimate of drug-likeness (QED) is 0.602. The fourth-order valence-corrected chi connectivity index (χ4v) is 3.90. The Balaban J connectivity index is 1.28. The lowest BCUT2D eigenvalue weighted by molar-refractivity contribution is 0.114. The van der Waals surface area contributed by atoms with Crippen molar-refractivity contribution in [2.24, 2.45) is 10.9 Å². The van der Waals surface area contributed by atoms with Crippen molar-refractivity contribution in [2.75, 3.05) is 59.0 Å². The van der Waals surface area contributed by atoms with E-state index < -0.39 is 0 Å². The summed E-state index contributed by atoms with van der Waals surface area (Å²) in [4.78, 5) is 9.67. The molecule has 3 heterocycles. The number of nitrogens with zero attached hydrogens (tertiary/aromatic N) is 3. The van der Waals surface area contributed by atoms with Gasteiger partial charge in [0.1, 0.15) is 0 Å². The molecule has 1 saturated heterocycles. The van der Waals surface area contributed by atoms with Gasteiger partial charge in [0.2, 0.25) is 0 Å². The van der Waals surface area contributed by atoms with Crippen LogP contribution >= 0.6 is 0 Å². The van der Waals surface area contributed by atoms with E-state index in [-0.39, 0.29) is 12.5 Å². The number of piperazine rings is 1. The molecule has 0 aromatic rings. The van der Waals surface area contributed by atoms with Gasteiger partial charge in [-0.1, -0.05) is 30.4 Å². The van der Waals surface area contributed by atoms with Crippen LogP contribution in [-0.2, 0) is 0 Å². The van der Waals surface area contributed by atoms with Gasteiger partial charge in [-0.15, -0.1) is 0 Å². The molecule has 1 aliphatic carbocycles. The molecule has 0 amide bonds. The van der Waals surface area contributed by atoms with Crippen LogP contribution in [0.25, 0.3) is 0 Å². The first kappa shape index (κ1) is 18.2. The minimum atomic E-state index is 0.256. The van der Waals surface area contributed by atoms with Crippen molar-refractivity contribution in [1.29, 1.82) is 0 Å². The molecule has 6 heteroatoms. The lowest BCUT2D eigenvalue weighted by atomic mass is 9.88. The van der Waals surface area contributed by atoms with E-state index in [0.717, 1.165) is 63.8 Å². The summed E-state index contributed by atoms with van der Waals surface area (Å²) in [5, 5.41) is 15.9. The molecule has 1 unspecified atom stereocenters. The number of rotatable bonds is 6. The predicted octanol–water partition coefficient (Wildman–Crippen LogP) is 0.638. The summed E-state index contributed by atoms with van der Waals surface area (Å²) in [6.07, 6.45) is 15.1. The van der Waals surface area contributed by atoms with Crippen molar-refractivity contribution < 1.29 is 5.11 Å². The second-order valence-electron chi connectivity index (χ2n) is 7.28. The third-order valence-electron chi connectivity index (χ3n) is 5.47. The first-order valence-corrected chi connectivity index (χ1v) is 9.92. The Bertz CT molecular complexity index is 723. The zero-order valence-corrected chi connectivity index (χ0v) is 15.8. The number of nitrogens with one attached hydrogen (secondary N) is 2. The van der Waals surface area contributed by atoms with Gasteiger partial charge in [-0.2, -0.15) is 0 Å². The minimum absolute atomic E-state index is 0.256. The molecule has 3 N–H and O–H groups in total. The molecule has 1 fully saturated rings. The number of fused-ring (bicyclic) bond motifs is 2. The van der Waals surface area contributed by atoms with Crippen molar-refractivity contribution >= 4 is 5.71 Å². The van der Waals surface area contributed by atoms with Crippen LogP contribution in [-0.4, -0.2) is 79.6 Å². The SMILES string of the molecule is OCCN1CCN(CCNC=C2C=CC3C=CC4=C(NCC=C4)C3=N2)CC1. The summed E-state index contributed by atoms with van der Waals surface area (Å²) < 4.78 is 0. The second-order valence-corrected chi connectivity index (χ2v) is 7.28. The number of aliphatic hydroxyl groups is 1. The van der Waals surface area contributed by atoms with E-state index in [1.54, 1.807) is 0 Å². The van der Waals surface area contributed by atoms with Gasteiger partial charge < -0.3 is 15.7 Å². The molecular formula is C21H29N5O. The van der Waals surface area contributed by atoms with Gasteiger partial charge >= 0.3 is 0 Å². The van der Waals surface area contributed by atoms with Crippen LogP contribution in [0.3, 0.4) is 0 Å². The topological polar surface area (TPSA) is 63.1 Å². The molecule has 0 aromatic heterocycles. The highest BCUT2D eigenvalue weighted by molar-refractivity contribution is 6.07. The van der Waals surface area contributed by atoms with E-state index >= 15 is 0 Å². The van der Waals surface area contributed by atoms with Gasteiger partial charge in [0.25, 0.3) is 0 Å². The van der Waals surface area contributed by atoms with Crippen LogP contribution in [0.1, 0.15) is 0 Å². The Labute approximate surface area is 161 Å². The Morgan fingerprint density at radius 2 is 1.89 bits per heavy atom. The third kappa shape index (κ3) is 4.40. The number of hydrogen-bond donors (Lipinski definition) is 3. The number of aliphatic imine (C=N–C) groups is 1. The van der Waals surface area contributed by atoms with Gasteiger partial charge in [-0.05, 0) is 11.6 Å². The van der Waals surface area contributed by atoms with Crippen LogP contribution in [0.4, 0.5) is 0 Å². The Morgan fingerprint density at radius 1 is 1.11 bits per heavy atom. The Hall–Kier alpha value is -2.15. The molecule has 4 rings (SSSR count). The Morgan fingerprint density at radius 3 is 2.70 bits per heavy atom. The van der Waals surface area contributed by atoms with Gasteiger partial charge in [0, 0.05) is 64.5 Å². The lowest BCUT2D eigenvalue weighted by Gasteiger charge is -2.34. The van der Waals surface area contributed by atoms with Crippen LogP contribution < -0.4 is 10.6 Å². The number of aliphatic hydroxyl groups excluding tert-OH is 1. The van der Waals surface area contributed by atoms with E-state index in [4.69, 9.17) is 10.1 Å². The van der Waals surface area contributed by atoms with Crippen molar-refractivity contribution in [3.05, 3.63) is 59.6 Å². The summed E-state index contributed by atoms with van der Waals surface area (Å²) in [6, 6.07) is 0. The average molecular weight is 367 g/mol. The molecule has 0 aromatic carbocycles. The summed E-state index contributed by atoms with van der Waals surface area (Å²) in [6.45, 7) is 8.11. The van der Waals surface area contributed by atoms with Gasteiger partial charge in [0.15, 0.2) is 0 Å². The minimum Gasteiger partial charge on any atom is -0.395 e. The first-order valence-electron chi connectivity index (χ1n) is 9.92. The fourth-order valence-electron chi connectivity index (χ4n) is 3.90. The monoisotopic (exact) mass is 367 g/mol. The smallest absolute Gasteiger partial charge is 0.0787 e. The van der Waals surface area contributed by atoms with Crippen molar-refractivity contribution in [3.63, 3.8) is 0 Å². The number of β-amino-alcohol motifs (C(OH)–C–C–N with tert-alkyl or cyclic N) is 1. The highest BCUT2D eigenvalue weighted by Crippen LogP contribution is 2.27. The normalized spacial score (nSPS) is 26.6. The first-order chi connectivity index (χ1) is 13.3. The van der Waals surface area contributed by atoms with E-state index in [2.05, 4.69) is 56.9 Å². The summed E-state index contributed by atoms with van der Waals surface area (Å²) in [5.74, 6) is 0.273. The summed E-state index contributed by atoms with van der Waals surface area (Å²) in [5.41, 5.74) is 4.49. The molecule has 27 heavy (non-hydrogen) atoms. The molecule has 0 spiro atoms. The predicted molar refractivity (Wildman–Crippen MR) is 109 cm³/mol. The largest absolute Gasteiger partial charge is 0.395 e. The fraction of sp³-hybridized carbons (Fsp3) is 0.476. The van der Waals surface area contributed by atoms with Crippen LogP contribution in [0.2, 0.25) is 0 Å². The molecule has 144 valence electrons. The van der Waals surface area contributed by atoms with Crippen LogP contribution in [0, 0.1) is 5.92 Å². The molecule has 3 aliphatic heterocycles. The standard InChI is InChI=1S/C21H29N5O/c27-15-14-26-12-10-25(11-13-26)9-8-22-16-19-6-5-18-4-3-17-2-1-7-23-20(17)21(18)24-19/h1-6,16,18,22-23,27H,7-15H2. The average Bonchev–Trinajstić information content (AvgIpc) is 2.72. The maximum absolute atomic E-state index is 9.02. The summed E-state index contributed by atoms with van der Waals surface area (Å²) in [7, 11) is 0. The molecule has 1 atom stereocenters. The number of dihydropyridines is 2. The van der Waals surface area contributed by atoms with E-state index in [9.17, 15) is 0 Å². The van der Waals surface area contributed by atoms with E-state index in [1.165, 1.54) is 11.3 Å². The van der Waals surface area contributed by atoms with E-state index in [0.29, 0.717) is 0 Å². The third-order valence-corrected chi connectivity index (χ3v) is 5.47. The molecule has 4 aliphatic rings. The molecule has 0 saturated carbocycles. The highest BCUT2D eigenvalue weighted by Gasteiger charge is 2.24. The molecule has 0 bridgehead atoms. The maximum atomic E-state index is 9.02. The van der Waals surface area contributed by atoms with Gasteiger partial charge in [0.05, 0.1) is 23.7 Å². The zero-order chi connectivity index (χ0) is 18.5. The van der Waals surface area contributed by atoms with Crippen molar-refractivity contribution in [2.45, 2.75) is 0 Å². The molecular weight excluding hydrogens is 338 g/mol. The van der Waals surface area contributed by atoms with Crippen LogP contribution in [0.5, 0.6) is 0 Å². The van der Waals surface area contributed by atoms with E-state index in [1.807, 2.05) is 6.20 Å². The maximum Gasteiger partial charge on any atom is 0.0787 e. The van der Waals surface area contributed by atoms with Gasteiger partial charge in [-0.25, -0.2) is 4.99 Å². The zero-order valence-electron chi connectivity index (χ0n) is 15.8. The van der Waals surface area contributed by atoms with Crippen molar-refractivity contribution in [1.82, 2.24) is 20.4 Å². The lowest BCUT2D eigenvalue weighted by Crippen LogP contribution is -2.48. The Kier molecular flexibility index (Phi) is 5.87. The highest BCUT2D eigenvalue weighted by atomic mass is 16.3. The van der Waals surface area contributed by atoms with Crippen molar-refractivity contribution in [3.8, 4) is 0 Å². The number of hydrogen-bond acceptors (Lipinski definition) is 6. The molecule has 6 nitrogen and oxygen atoms in total. The molecule has 0 radical (unpaired) electrons. The second kappa shape index (κ2) is 8.69. The van der Waals surface area contributed by atoms with Gasteiger partial charge in [-0.3, -0.25) is 9.80 Å². The van der Waals surface area contributed by atoms with Crippen LogP contribution in [0.15, 0.2) is 64.6 Å².